The second-order valence-corrected chi connectivity index (χ2v) is 2.55. The van der Waals surface area contributed by atoms with Crippen molar-refractivity contribution >= 4 is 0 Å². The third-order valence-electron chi connectivity index (χ3n) is 1.57. The molecule has 2 rings (SSSR count). The van der Waals surface area contributed by atoms with Crippen molar-refractivity contribution in [2.75, 3.05) is 0 Å². The molecule has 70 valence electrons. The van der Waals surface area contributed by atoms with E-state index in [0.29, 0.717) is 5.76 Å². The monoisotopic (exact) mass is 353 g/mol. The van der Waals surface area contributed by atoms with Crippen LogP contribution in [0.2, 0.25) is 0 Å². The zero-order valence-corrected chi connectivity index (χ0v) is 9.33. The number of hydrogen-bond donors (Lipinski definition) is 0. The van der Waals surface area contributed by atoms with Crippen LogP contribution in [0.25, 0.3) is 11.5 Å². The number of furan rings is 1. The summed E-state index contributed by atoms with van der Waals surface area (Å²) >= 11 is 0. The van der Waals surface area contributed by atoms with Gasteiger partial charge in [0.05, 0.1) is 0 Å². The molecule has 0 aliphatic heterocycles. The van der Waals surface area contributed by atoms with Gasteiger partial charge in [-0.25, -0.2) is 0 Å². The van der Waals surface area contributed by atoms with E-state index in [4.69, 9.17) is 4.42 Å². The molecule has 0 radical (unpaired) electrons. The molecule has 0 fully saturated rings. The molecule has 0 amide bonds. The molecule has 2 aromatic rings. The van der Waals surface area contributed by atoms with Gasteiger partial charge in [-0.1, -0.05) is 19.1 Å². The van der Waals surface area contributed by atoms with Crippen LogP contribution in [-0.2, 0) is 21.1 Å². The largest absolute Gasteiger partial charge is 0.542 e. The molecule has 2 heterocycles. The minimum atomic E-state index is 0. The van der Waals surface area contributed by atoms with Gasteiger partial charge in [-0.05, 0) is 11.8 Å². The standard InChI is InChI=1S/C10H8NO.Pt/c1-8-5-6-10(12-8)9-4-2-3-7-11-9;/h2-5,7H,1H3;/q-1;. The molecule has 0 atom stereocenters. The first-order valence-corrected chi connectivity index (χ1v) is 3.76. The summed E-state index contributed by atoms with van der Waals surface area (Å²) in [5, 5.41) is 0. The van der Waals surface area contributed by atoms with Crippen molar-refractivity contribution in [1.82, 2.24) is 4.98 Å². The van der Waals surface area contributed by atoms with Crippen LogP contribution < -0.4 is 0 Å². The maximum Gasteiger partial charge on any atom is 0.0234 e. The number of nitrogens with zero attached hydrogens (tertiary/aromatic N) is 1. The second-order valence-electron chi connectivity index (χ2n) is 2.55. The Kier molecular flexibility index (Phi) is 3.44. The molecule has 3 heteroatoms. The van der Waals surface area contributed by atoms with Gasteiger partial charge in [-0.3, -0.25) is 0 Å². The summed E-state index contributed by atoms with van der Waals surface area (Å²) in [6.07, 6.45) is 1.74. The second kappa shape index (κ2) is 4.38. The minimum Gasteiger partial charge on any atom is -0.542 e. The van der Waals surface area contributed by atoms with Gasteiger partial charge < -0.3 is 9.40 Å². The summed E-state index contributed by atoms with van der Waals surface area (Å²) in [5.41, 5.74) is 0.825. The van der Waals surface area contributed by atoms with Crippen molar-refractivity contribution < 1.29 is 25.5 Å². The molecule has 0 saturated carbocycles. The van der Waals surface area contributed by atoms with Crippen LogP contribution in [0.5, 0.6) is 0 Å². The normalized spacial score (nSPS) is 9.31. The molecule has 0 saturated heterocycles. The molecule has 0 bridgehead atoms. The van der Waals surface area contributed by atoms with E-state index in [1.165, 1.54) is 0 Å². The Balaban J connectivity index is 0.000000845. The summed E-state index contributed by atoms with van der Waals surface area (Å²) < 4.78 is 5.35. The third-order valence-corrected chi connectivity index (χ3v) is 1.57. The summed E-state index contributed by atoms with van der Waals surface area (Å²) in [4.78, 5) is 4.14. The fourth-order valence-electron chi connectivity index (χ4n) is 1.01. The first kappa shape index (κ1) is 10.2. The Hall–Kier alpha value is -0.882. The van der Waals surface area contributed by atoms with Crippen molar-refractivity contribution in [3.63, 3.8) is 0 Å². The molecule has 2 nitrogen and oxygen atoms in total. The topological polar surface area (TPSA) is 26.0 Å². The molecule has 0 spiro atoms. The summed E-state index contributed by atoms with van der Waals surface area (Å²) in [5.74, 6) is 1.56. The van der Waals surface area contributed by atoms with E-state index in [2.05, 4.69) is 11.1 Å². The first-order chi connectivity index (χ1) is 5.86. The molecular formula is C10H8NOPt-. The van der Waals surface area contributed by atoms with Gasteiger partial charge in [0.1, 0.15) is 0 Å². The van der Waals surface area contributed by atoms with Gasteiger partial charge in [0, 0.05) is 38.7 Å². The van der Waals surface area contributed by atoms with Crippen molar-refractivity contribution in [3.05, 3.63) is 42.3 Å². The zero-order valence-electron chi connectivity index (χ0n) is 7.06. The summed E-state index contributed by atoms with van der Waals surface area (Å²) in [7, 11) is 0. The third kappa shape index (κ3) is 2.28. The Morgan fingerprint density at radius 2 is 2.23 bits per heavy atom. The Morgan fingerprint density at radius 3 is 2.77 bits per heavy atom. The molecule has 0 aliphatic rings. The minimum absolute atomic E-state index is 0. The molecule has 2 aromatic heterocycles. The quantitative estimate of drug-likeness (QED) is 0.736. The van der Waals surface area contributed by atoms with Crippen LogP contribution in [0.4, 0.5) is 0 Å². The van der Waals surface area contributed by atoms with Crippen molar-refractivity contribution in [2.24, 2.45) is 0 Å². The SMILES string of the molecule is Cc1c[c-]c(-c2ccccn2)o1.[Pt]. The van der Waals surface area contributed by atoms with Crippen LogP contribution in [0.3, 0.4) is 0 Å². The van der Waals surface area contributed by atoms with E-state index in [1.54, 1.807) is 6.20 Å². The van der Waals surface area contributed by atoms with Crippen molar-refractivity contribution in [1.29, 1.82) is 0 Å². The molecule has 0 N–H and O–H groups in total. The molecule has 0 aromatic carbocycles. The van der Waals surface area contributed by atoms with E-state index in [1.807, 2.05) is 31.2 Å². The maximum absolute atomic E-state index is 5.35. The van der Waals surface area contributed by atoms with Crippen LogP contribution in [0, 0.1) is 13.0 Å². The molecular weight excluding hydrogens is 345 g/mol. The van der Waals surface area contributed by atoms with E-state index in [0.717, 1.165) is 11.5 Å². The average Bonchev–Trinajstić information content (AvgIpc) is 2.54. The number of pyridine rings is 1. The van der Waals surface area contributed by atoms with Gasteiger partial charge in [0.2, 0.25) is 0 Å². The zero-order chi connectivity index (χ0) is 8.39. The number of rotatable bonds is 1. The van der Waals surface area contributed by atoms with E-state index in [-0.39, 0.29) is 21.1 Å². The van der Waals surface area contributed by atoms with Gasteiger partial charge in [0.25, 0.3) is 0 Å². The van der Waals surface area contributed by atoms with Gasteiger partial charge in [0.15, 0.2) is 0 Å². The van der Waals surface area contributed by atoms with Crippen molar-refractivity contribution in [2.45, 2.75) is 6.92 Å². The fraction of sp³-hybridized carbons (Fsp3) is 0.100. The fourth-order valence-corrected chi connectivity index (χ4v) is 1.01. The number of aryl methyl sites for hydroxylation is 1. The van der Waals surface area contributed by atoms with E-state index < -0.39 is 0 Å². The predicted molar refractivity (Wildman–Crippen MR) is 45.5 cm³/mol. The van der Waals surface area contributed by atoms with Crippen molar-refractivity contribution in [3.8, 4) is 11.5 Å². The average molecular weight is 353 g/mol. The molecule has 13 heavy (non-hydrogen) atoms. The van der Waals surface area contributed by atoms with Gasteiger partial charge in [-0.2, -0.15) is 0 Å². The molecule has 0 unspecified atom stereocenters. The maximum atomic E-state index is 5.35. The Labute approximate surface area is 91.3 Å². The molecule has 0 aliphatic carbocycles. The van der Waals surface area contributed by atoms with Gasteiger partial charge in [-0.15, -0.1) is 12.1 Å². The summed E-state index contributed by atoms with van der Waals surface area (Å²) in [6, 6.07) is 10.5. The smallest absolute Gasteiger partial charge is 0.0234 e. The van der Waals surface area contributed by atoms with Crippen LogP contribution >= 0.6 is 0 Å². The van der Waals surface area contributed by atoms with Crippen LogP contribution in [-0.4, -0.2) is 4.98 Å². The Morgan fingerprint density at radius 1 is 1.38 bits per heavy atom. The van der Waals surface area contributed by atoms with Crippen LogP contribution in [0.1, 0.15) is 5.76 Å². The Bertz CT molecular complexity index is 369. The van der Waals surface area contributed by atoms with E-state index >= 15 is 0 Å². The number of hydrogen-bond acceptors (Lipinski definition) is 2. The van der Waals surface area contributed by atoms with Crippen LogP contribution in [0.15, 0.2) is 34.9 Å². The number of aromatic nitrogens is 1. The van der Waals surface area contributed by atoms with Gasteiger partial charge >= 0.3 is 0 Å². The first-order valence-electron chi connectivity index (χ1n) is 3.76. The predicted octanol–water partition coefficient (Wildman–Crippen LogP) is 2.45. The summed E-state index contributed by atoms with van der Waals surface area (Å²) in [6.45, 7) is 1.89. The van der Waals surface area contributed by atoms with E-state index in [9.17, 15) is 0 Å².